The lowest BCUT2D eigenvalue weighted by molar-refractivity contribution is -0.119. The molecule has 98 valence electrons. The molecule has 4 heteroatoms. The highest BCUT2D eigenvalue weighted by atomic mass is 16.3. The van der Waals surface area contributed by atoms with Crippen LogP contribution in [0.3, 0.4) is 0 Å². The number of rotatable bonds is 4. The fraction of sp³-hybridized carbons (Fsp3) is 0.500. The summed E-state index contributed by atoms with van der Waals surface area (Å²) in [7, 11) is 0. The van der Waals surface area contributed by atoms with E-state index in [-0.39, 0.29) is 11.8 Å². The summed E-state index contributed by atoms with van der Waals surface area (Å²) in [4.78, 5) is 12.9. The molecule has 3 N–H and O–H groups in total. The molecule has 1 saturated heterocycles. The van der Waals surface area contributed by atoms with Gasteiger partial charge in [0.15, 0.2) is 0 Å². The molecular weight excluding hydrogens is 228 g/mol. The second kappa shape index (κ2) is 5.98. The Morgan fingerprint density at radius 3 is 2.50 bits per heavy atom. The lowest BCUT2D eigenvalue weighted by Crippen LogP contribution is -2.40. The second-order valence-electron chi connectivity index (χ2n) is 4.94. The van der Waals surface area contributed by atoms with Crippen LogP contribution in [-0.4, -0.2) is 35.5 Å². The Balaban J connectivity index is 1.88. The second-order valence-corrected chi connectivity index (χ2v) is 4.94. The first-order chi connectivity index (χ1) is 8.66. The third-order valence-corrected chi connectivity index (χ3v) is 3.60. The molecule has 18 heavy (non-hydrogen) atoms. The first-order valence-electron chi connectivity index (χ1n) is 6.40. The van der Waals surface area contributed by atoms with Crippen molar-refractivity contribution in [3.63, 3.8) is 0 Å². The molecule has 1 unspecified atom stereocenters. The van der Waals surface area contributed by atoms with Gasteiger partial charge in [-0.25, -0.2) is 0 Å². The van der Waals surface area contributed by atoms with Crippen LogP contribution >= 0.6 is 0 Å². The molecule has 0 radical (unpaired) electrons. The van der Waals surface area contributed by atoms with Crippen molar-refractivity contribution in [3.05, 3.63) is 35.9 Å². The molecule has 1 aliphatic heterocycles. The summed E-state index contributed by atoms with van der Waals surface area (Å²) in [6.45, 7) is 1.99. The average Bonchev–Trinajstić information content (AvgIpc) is 2.39. The van der Waals surface area contributed by atoms with Crippen molar-refractivity contribution >= 4 is 5.91 Å². The molecular formula is C14H20N2O2. The number of aliphatic hydroxyl groups excluding tert-OH is 1. The van der Waals surface area contributed by atoms with Gasteiger partial charge in [0.2, 0.25) is 5.91 Å². The summed E-state index contributed by atoms with van der Waals surface area (Å²) in [5.74, 6) is -0.00594. The van der Waals surface area contributed by atoms with Crippen LogP contribution in [0, 0.1) is 5.92 Å². The van der Waals surface area contributed by atoms with Gasteiger partial charge in [-0.1, -0.05) is 30.3 Å². The molecule has 0 saturated carbocycles. The van der Waals surface area contributed by atoms with Crippen molar-refractivity contribution in [2.45, 2.75) is 18.9 Å². The zero-order valence-corrected chi connectivity index (χ0v) is 10.5. The third-order valence-electron chi connectivity index (χ3n) is 3.60. The van der Waals surface area contributed by atoms with Crippen LogP contribution in [0.2, 0.25) is 0 Å². The van der Waals surface area contributed by atoms with E-state index in [2.05, 4.69) is 4.90 Å². The standard InChI is InChI=1S/C14H20N2O2/c15-13(17)10-16-8-6-12(7-9-16)14(18)11-4-2-1-3-5-11/h1-5,12,14,18H,6-10H2,(H2,15,17). The van der Waals surface area contributed by atoms with E-state index in [4.69, 9.17) is 5.73 Å². The van der Waals surface area contributed by atoms with Gasteiger partial charge < -0.3 is 10.8 Å². The van der Waals surface area contributed by atoms with Crippen molar-refractivity contribution < 1.29 is 9.90 Å². The monoisotopic (exact) mass is 248 g/mol. The number of hydrogen-bond acceptors (Lipinski definition) is 3. The van der Waals surface area contributed by atoms with E-state index < -0.39 is 6.10 Å². The predicted molar refractivity (Wildman–Crippen MR) is 69.8 cm³/mol. The summed E-state index contributed by atoms with van der Waals surface area (Å²) in [6, 6.07) is 9.76. The normalized spacial score (nSPS) is 19.6. The Morgan fingerprint density at radius 2 is 1.94 bits per heavy atom. The molecule has 0 aliphatic carbocycles. The first-order valence-corrected chi connectivity index (χ1v) is 6.40. The van der Waals surface area contributed by atoms with Crippen molar-refractivity contribution in [2.75, 3.05) is 19.6 Å². The summed E-state index contributed by atoms with van der Waals surface area (Å²) in [6.07, 6.45) is 1.41. The van der Waals surface area contributed by atoms with E-state index in [9.17, 15) is 9.90 Å². The highest BCUT2D eigenvalue weighted by Crippen LogP contribution is 2.30. The molecule has 1 atom stereocenters. The topological polar surface area (TPSA) is 66.6 Å². The number of likely N-dealkylation sites (tertiary alicyclic amines) is 1. The summed E-state index contributed by atoms with van der Waals surface area (Å²) < 4.78 is 0. The van der Waals surface area contributed by atoms with Gasteiger partial charge in [-0.3, -0.25) is 9.69 Å². The number of nitrogens with zero attached hydrogens (tertiary/aromatic N) is 1. The number of carbonyl (C=O) groups excluding carboxylic acids is 1. The van der Waals surface area contributed by atoms with Crippen LogP contribution in [-0.2, 0) is 4.79 Å². The van der Waals surface area contributed by atoms with Crippen molar-refractivity contribution in [2.24, 2.45) is 11.7 Å². The fourth-order valence-corrected chi connectivity index (χ4v) is 2.57. The Labute approximate surface area is 107 Å². The van der Waals surface area contributed by atoms with E-state index >= 15 is 0 Å². The Morgan fingerprint density at radius 1 is 1.33 bits per heavy atom. The maximum atomic E-state index is 10.8. The van der Waals surface area contributed by atoms with Gasteiger partial charge in [-0.2, -0.15) is 0 Å². The highest BCUT2D eigenvalue weighted by Gasteiger charge is 2.26. The maximum absolute atomic E-state index is 10.8. The minimum absolute atomic E-state index is 0.275. The zero-order valence-electron chi connectivity index (χ0n) is 10.5. The molecule has 0 bridgehead atoms. The number of aliphatic hydroxyl groups is 1. The van der Waals surface area contributed by atoms with Crippen LogP contribution in [0.4, 0.5) is 0 Å². The summed E-state index contributed by atoms with van der Waals surface area (Å²) in [5.41, 5.74) is 6.16. The van der Waals surface area contributed by atoms with E-state index in [1.165, 1.54) is 0 Å². The van der Waals surface area contributed by atoms with Gasteiger partial charge in [0.05, 0.1) is 12.6 Å². The number of hydrogen-bond donors (Lipinski definition) is 2. The number of amides is 1. The molecule has 1 aliphatic rings. The van der Waals surface area contributed by atoms with E-state index in [1.807, 2.05) is 30.3 Å². The van der Waals surface area contributed by atoms with Crippen LogP contribution in [0.15, 0.2) is 30.3 Å². The largest absolute Gasteiger partial charge is 0.388 e. The predicted octanol–water partition coefficient (Wildman–Crippen LogP) is 0.917. The van der Waals surface area contributed by atoms with Gasteiger partial charge in [0, 0.05) is 0 Å². The third kappa shape index (κ3) is 3.31. The molecule has 1 fully saturated rings. The van der Waals surface area contributed by atoms with E-state index in [1.54, 1.807) is 0 Å². The number of benzene rings is 1. The van der Waals surface area contributed by atoms with Gasteiger partial charge in [-0.15, -0.1) is 0 Å². The van der Waals surface area contributed by atoms with Gasteiger partial charge in [0.1, 0.15) is 0 Å². The lowest BCUT2D eigenvalue weighted by atomic mass is 9.87. The average molecular weight is 248 g/mol. The first kappa shape index (κ1) is 13.1. The molecule has 0 spiro atoms. The zero-order chi connectivity index (χ0) is 13.0. The van der Waals surface area contributed by atoms with Crippen LogP contribution in [0.25, 0.3) is 0 Å². The summed E-state index contributed by atoms with van der Waals surface area (Å²) in [5, 5.41) is 10.3. The van der Waals surface area contributed by atoms with E-state index in [0.717, 1.165) is 31.5 Å². The number of carbonyl (C=O) groups is 1. The van der Waals surface area contributed by atoms with Crippen molar-refractivity contribution in [1.82, 2.24) is 4.90 Å². The van der Waals surface area contributed by atoms with Crippen LogP contribution in [0.1, 0.15) is 24.5 Å². The van der Waals surface area contributed by atoms with Crippen molar-refractivity contribution in [1.29, 1.82) is 0 Å². The molecule has 2 rings (SSSR count). The van der Waals surface area contributed by atoms with Crippen LogP contribution < -0.4 is 5.73 Å². The Hall–Kier alpha value is -1.39. The Bertz CT molecular complexity index is 386. The molecule has 1 aromatic carbocycles. The molecule has 4 nitrogen and oxygen atoms in total. The van der Waals surface area contributed by atoms with Crippen molar-refractivity contribution in [3.8, 4) is 0 Å². The molecule has 1 heterocycles. The Kier molecular flexibility index (Phi) is 4.33. The van der Waals surface area contributed by atoms with Crippen LogP contribution in [0.5, 0.6) is 0 Å². The molecule has 1 aromatic rings. The smallest absolute Gasteiger partial charge is 0.231 e. The van der Waals surface area contributed by atoms with Gasteiger partial charge in [-0.05, 0) is 37.4 Å². The van der Waals surface area contributed by atoms with Gasteiger partial charge >= 0.3 is 0 Å². The minimum Gasteiger partial charge on any atom is -0.388 e. The minimum atomic E-state index is -0.401. The highest BCUT2D eigenvalue weighted by molar-refractivity contribution is 5.75. The number of primary amides is 1. The SMILES string of the molecule is NC(=O)CN1CCC(C(O)c2ccccc2)CC1. The molecule has 1 amide bonds. The number of nitrogens with two attached hydrogens (primary N) is 1. The quantitative estimate of drug-likeness (QED) is 0.832. The summed E-state index contributed by atoms with van der Waals surface area (Å²) >= 11 is 0. The maximum Gasteiger partial charge on any atom is 0.231 e. The van der Waals surface area contributed by atoms with E-state index in [0.29, 0.717) is 6.54 Å². The fourth-order valence-electron chi connectivity index (χ4n) is 2.57. The molecule has 0 aromatic heterocycles. The lowest BCUT2D eigenvalue weighted by Gasteiger charge is -2.33. The number of piperidine rings is 1. The van der Waals surface area contributed by atoms with Gasteiger partial charge in [0.25, 0.3) is 0 Å².